The predicted octanol–water partition coefficient (Wildman–Crippen LogP) is 2.63. The predicted molar refractivity (Wildman–Crippen MR) is 96.2 cm³/mol. The summed E-state index contributed by atoms with van der Waals surface area (Å²) >= 11 is 0. The number of carbonyl (C=O) groups is 2. The quantitative estimate of drug-likeness (QED) is 0.727. The Kier molecular flexibility index (Phi) is 4.95. The van der Waals surface area contributed by atoms with Crippen LogP contribution in [0.1, 0.15) is 15.9 Å². The van der Waals surface area contributed by atoms with E-state index in [9.17, 15) is 9.59 Å². The fourth-order valence-corrected chi connectivity index (χ4v) is 2.58. The molecule has 0 fully saturated rings. The normalized spacial score (nSPS) is 10.4. The van der Waals surface area contributed by atoms with Crippen LogP contribution in [0.25, 0.3) is 10.8 Å². The molecule has 0 saturated carbocycles. The largest absolute Gasteiger partial charge is 0.484 e. The molecule has 0 saturated heterocycles. The van der Waals surface area contributed by atoms with Gasteiger partial charge in [-0.1, -0.05) is 42.5 Å². The number of hydrogen-bond acceptors (Lipinski definition) is 3. The number of benzene rings is 3. The van der Waals surface area contributed by atoms with Gasteiger partial charge in [-0.15, -0.1) is 0 Å². The second-order valence-corrected chi connectivity index (χ2v) is 5.60. The van der Waals surface area contributed by atoms with Gasteiger partial charge in [-0.25, -0.2) is 0 Å². The third-order valence-electron chi connectivity index (χ3n) is 3.82. The van der Waals surface area contributed by atoms with E-state index in [2.05, 4.69) is 5.32 Å². The molecule has 0 spiro atoms. The molecule has 0 aliphatic heterocycles. The molecule has 2 amide bonds. The van der Waals surface area contributed by atoms with Crippen LogP contribution in [-0.2, 0) is 11.3 Å². The number of amides is 2. The molecule has 126 valence electrons. The number of primary amides is 1. The molecule has 0 aromatic heterocycles. The Morgan fingerprint density at radius 3 is 2.40 bits per heavy atom. The van der Waals surface area contributed by atoms with Gasteiger partial charge in [0.1, 0.15) is 5.75 Å². The highest BCUT2D eigenvalue weighted by molar-refractivity contribution is 5.94. The maximum atomic E-state index is 12.3. The molecule has 0 heterocycles. The van der Waals surface area contributed by atoms with Crippen molar-refractivity contribution in [2.75, 3.05) is 6.61 Å². The molecular weight excluding hydrogens is 316 g/mol. The number of nitrogens with one attached hydrogen (secondary N) is 1. The zero-order valence-corrected chi connectivity index (χ0v) is 13.6. The van der Waals surface area contributed by atoms with Crippen molar-refractivity contribution in [3.63, 3.8) is 0 Å². The van der Waals surface area contributed by atoms with Gasteiger partial charge in [0, 0.05) is 12.1 Å². The van der Waals surface area contributed by atoms with Crippen LogP contribution in [0, 0.1) is 0 Å². The van der Waals surface area contributed by atoms with Crippen molar-refractivity contribution in [1.82, 2.24) is 5.32 Å². The molecule has 0 atom stereocenters. The van der Waals surface area contributed by atoms with E-state index < -0.39 is 5.91 Å². The van der Waals surface area contributed by atoms with Gasteiger partial charge in [0.15, 0.2) is 6.61 Å². The molecule has 5 nitrogen and oxygen atoms in total. The SMILES string of the molecule is NC(=O)COc1ccc(C(=O)NCc2cccc3ccccc23)cc1. The van der Waals surface area contributed by atoms with E-state index in [0.717, 1.165) is 16.3 Å². The van der Waals surface area contributed by atoms with Crippen LogP contribution in [0.2, 0.25) is 0 Å². The molecular formula is C20H18N2O3. The van der Waals surface area contributed by atoms with Gasteiger partial charge in [0.25, 0.3) is 11.8 Å². The third kappa shape index (κ3) is 4.14. The van der Waals surface area contributed by atoms with E-state index in [1.807, 2.05) is 42.5 Å². The molecule has 0 aliphatic carbocycles. The van der Waals surface area contributed by atoms with Crippen LogP contribution < -0.4 is 15.8 Å². The summed E-state index contributed by atoms with van der Waals surface area (Å²) in [5, 5.41) is 5.19. The molecule has 0 unspecified atom stereocenters. The summed E-state index contributed by atoms with van der Waals surface area (Å²) in [7, 11) is 0. The monoisotopic (exact) mass is 334 g/mol. The smallest absolute Gasteiger partial charge is 0.255 e. The summed E-state index contributed by atoms with van der Waals surface area (Å²) in [4.78, 5) is 23.0. The minimum Gasteiger partial charge on any atom is -0.484 e. The molecule has 5 heteroatoms. The van der Waals surface area contributed by atoms with Crippen LogP contribution >= 0.6 is 0 Å². The zero-order valence-electron chi connectivity index (χ0n) is 13.6. The maximum absolute atomic E-state index is 12.3. The first-order valence-electron chi connectivity index (χ1n) is 7.89. The van der Waals surface area contributed by atoms with Gasteiger partial charge in [-0.3, -0.25) is 9.59 Å². The van der Waals surface area contributed by atoms with Crippen molar-refractivity contribution in [3.05, 3.63) is 77.9 Å². The summed E-state index contributed by atoms with van der Waals surface area (Å²) in [6, 6.07) is 20.7. The van der Waals surface area contributed by atoms with E-state index in [1.165, 1.54) is 0 Å². The molecule has 0 aliphatic rings. The lowest BCUT2D eigenvalue weighted by atomic mass is 10.0. The topological polar surface area (TPSA) is 81.4 Å². The second-order valence-electron chi connectivity index (χ2n) is 5.60. The number of ether oxygens (including phenoxy) is 1. The van der Waals surface area contributed by atoms with Gasteiger partial charge in [-0.2, -0.15) is 0 Å². The van der Waals surface area contributed by atoms with Gasteiger partial charge < -0.3 is 15.8 Å². The van der Waals surface area contributed by atoms with E-state index in [0.29, 0.717) is 17.9 Å². The van der Waals surface area contributed by atoms with Crippen molar-refractivity contribution in [2.45, 2.75) is 6.54 Å². The van der Waals surface area contributed by atoms with Crippen molar-refractivity contribution < 1.29 is 14.3 Å². The highest BCUT2D eigenvalue weighted by Crippen LogP contribution is 2.18. The lowest BCUT2D eigenvalue weighted by Crippen LogP contribution is -2.23. The van der Waals surface area contributed by atoms with Crippen LogP contribution in [0.5, 0.6) is 5.75 Å². The molecule has 3 rings (SSSR count). The number of hydrogen-bond donors (Lipinski definition) is 2. The minimum atomic E-state index is -0.545. The van der Waals surface area contributed by atoms with Crippen molar-refractivity contribution in [1.29, 1.82) is 0 Å². The molecule has 0 radical (unpaired) electrons. The Balaban J connectivity index is 1.65. The summed E-state index contributed by atoms with van der Waals surface area (Å²) < 4.78 is 5.17. The van der Waals surface area contributed by atoms with Crippen LogP contribution in [0.3, 0.4) is 0 Å². The average Bonchev–Trinajstić information content (AvgIpc) is 2.64. The molecule has 3 N–H and O–H groups in total. The Morgan fingerprint density at radius 2 is 1.64 bits per heavy atom. The Hall–Kier alpha value is -3.34. The number of fused-ring (bicyclic) bond motifs is 1. The third-order valence-corrected chi connectivity index (χ3v) is 3.82. The highest BCUT2D eigenvalue weighted by Gasteiger charge is 2.07. The van der Waals surface area contributed by atoms with E-state index in [4.69, 9.17) is 10.5 Å². The number of nitrogens with two attached hydrogens (primary N) is 1. The Bertz CT molecular complexity index is 899. The lowest BCUT2D eigenvalue weighted by Gasteiger charge is -2.09. The lowest BCUT2D eigenvalue weighted by molar-refractivity contribution is -0.119. The summed E-state index contributed by atoms with van der Waals surface area (Å²) in [6.45, 7) is 0.257. The summed E-state index contributed by atoms with van der Waals surface area (Å²) in [6.07, 6.45) is 0. The molecule has 3 aromatic rings. The number of carbonyl (C=O) groups excluding carboxylic acids is 2. The summed E-state index contributed by atoms with van der Waals surface area (Å²) in [5.41, 5.74) is 6.61. The van der Waals surface area contributed by atoms with E-state index in [1.54, 1.807) is 24.3 Å². The Morgan fingerprint density at radius 1 is 0.920 bits per heavy atom. The summed E-state index contributed by atoms with van der Waals surface area (Å²) in [5.74, 6) is -0.226. The van der Waals surface area contributed by atoms with Crippen molar-refractivity contribution in [2.24, 2.45) is 5.73 Å². The average molecular weight is 334 g/mol. The van der Waals surface area contributed by atoms with Crippen LogP contribution in [0.4, 0.5) is 0 Å². The first kappa shape index (κ1) is 16.5. The first-order valence-corrected chi connectivity index (χ1v) is 7.89. The fourth-order valence-electron chi connectivity index (χ4n) is 2.58. The van der Waals surface area contributed by atoms with Crippen molar-refractivity contribution >= 4 is 22.6 Å². The standard InChI is InChI=1S/C20H18N2O3/c21-19(23)13-25-17-10-8-15(9-11-17)20(24)22-12-16-6-3-5-14-4-1-2-7-18(14)16/h1-11H,12-13H2,(H2,21,23)(H,22,24). The maximum Gasteiger partial charge on any atom is 0.255 e. The van der Waals surface area contributed by atoms with Gasteiger partial charge in [-0.05, 0) is 40.6 Å². The van der Waals surface area contributed by atoms with E-state index >= 15 is 0 Å². The molecule has 3 aromatic carbocycles. The minimum absolute atomic E-state index is 0.172. The van der Waals surface area contributed by atoms with Crippen LogP contribution in [-0.4, -0.2) is 18.4 Å². The number of rotatable bonds is 6. The molecule has 25 heavy (non-hydrogen) atoms. The second kappa shape index (κ2) is 7.49. The zero-order chi connectivity index (χ0) is 17.6. The van der Waals surface area contributed by atoms with Gasteiger partial charge in [0.05, 0.1) is 0 Å². The van der Waals surface area contributed by atoms with Crippen molar-refractivity contribution in [3.8, 4) is 5.75 Å². The van der Waals surface area contributed by atoms with Gasteiger partial charge in [0.2, 0.25) is 0 Å². The highest BCUT2D eigenvalue weighted by atomic mass is 16.5. The first-order chi connectivity index (χ1) is 12.1. The van der Waals surface area contributed by atoms with Gasteiger partial charge >= 0.3 is 0 Å². The van der Waals surface area contributed by atoms with E-state index in [-0.39, 0.29) is 12.5 Å². The fraction of sp³-hybridized carbons (Fsp3) is 0.100. The molecule has 0 bridgehead atoms. The van der Waals surface area contributed by atoms with Crippen LogP contribution in [0.15, 0.2) is 66.7 Å². The Labute approximate surface area is 145 Å².